The van der Waals surface area contributed by atoms with E-state index in [-0.39, 0.29) is 0 Å². The maximum atomic E-state index is 3.47. The molecule has 2 rings (SSSR count). The zero-order valence-corrected chi connectivity index (χ0v) is 9.66. The average Bonchev–Trinajstić information content (AvgIpc) is 2.88. The Hall–Kier alpha value is -0.600. The van der Waals surface area contributed by atoms with E-state index in [1.54, 1.807) is 0 Å². The molecule has 1 heterocycles. The van der Waals surface area contributed by atoms with Crippen molar-refractivity contribution >= 4 is 17.4 Å². The Morgan fingerprint density at radius 2 is 2.29 bits per heavy atom. The highest BCUT2D eigenvalue weighted by Crippen LogP contribution is 2.21. The van der Waals surface area contributed by atoms with Gasteiger partial charge in [-0.1, -0.05) is 12.2 Å². The number of nitrogens with one attached hydrogen (secondary N) is 1. The average molecular weight is 207 g/mol. The molecule has 1 nitrogen and oxygen atoms in total. The zero-order valence-electron chi connectivity index (χ0n) is 8.84. The van der Waals surface area contributed by atoms with E-state index in [9.17, 15) is 0 Å². The van der Waals surface area contributed by atoms with E-state index < -0.39 is 0 Å². The minimum absolute atomic E-state index is 0.810. The third-order valence-corrected chi connectivity index (χ3v) is 3.46. The fourth-order valence-electron chi connectivity index (χ4n) is 1.52. The van der Waals surface area contributed by atoms with Crippen molar-refractivity contribution in [1.82, 2.24) is 5.32 Å². The summed E-state index contributed by atoms with van der Waals surface area (Å²) in [6, 6.07) is 3.07. The van der Waals surface area contributed by atoms with Crippen LogP contribution in [0, 0.1) is 13.8 Å². The molecule has 0 spiro atoms. The van der Waals surface area contributed by atoms with Crippen molar-refractivity contribution in [2.75, 3.05) is 6.54 Å². The minimum Gasteiger partial charge on any atom is -0.311 e. The first kappa shape index (κ1) is 9.94. The highest BCUT2D eigenvalue weighted by atomic mass is 32.1. The summed E-state index contributed by atoms with van der Waals surface area (Å²) in [6.45, 7) is 5.36. The van der Waals surface area contributed by atoms with E-state index in [1.165, 1.54) is 28.2 Å². The third kappa shape index (κ3) is 2.69. The second-order valence-electron chi connectivity index (χ2n) is 3.95. The van der Waals surface area contributed by atoms with Crippen LogP contribution in [0.1, 0.15) is 28.2 Å². The van der Waals surface area contributed by atoms with Gasteiger partial charge in [-0.3, -0.25) is 0 Å². The second kappa shape index (κ2) is 4.28. The molecule has 1 aromatic rings. The maximum Gasteiger partial charge on any atom is 0.0140 e. The van der Waals surface area contributed by atoms with Gasteiger partial charge < -0.3 is 5.32 Å². The van der Waals surface area contributed by atoms with Crippen molar-refractivity contribution in [3.63, 3.8) is 0 Å². The van der Waals surface area contributed by atoms with Crippen LogP contribution in [0.5, 0.6) is 0 Å². The first-order valence-electron chi connectivity index (χ1n) is 5.22. The van der Waals surface area contributed by atoms with E-state index in [1.807, 2.05) is 11.3 Å². The lowest BCUT2D eigenvalue weighted by molar-refractivity contribution is 0.754. The quantitative estimate of drug-likeness (QED) is 0.800. The largest absolute Gasteiger partial charge is 0.311 e. The normalized spacial score (nSPS) is 16.7. The Balaban J connectivity index is 1.85. The summed E-state index contributed by atoms with van der Waals surface area (Å²) in [4.78, 5) is 2.82. The van der Waals surface area contributed by atoms with Crippen LogP contribution in [0.3, 0.4) is 0 Å². The molecule has 76 valence electrons. The topological polar surface area (TPSA) is 12.0 Å². The summed E-state index contributed by atoms with van der Waals surface area (Å²) in [5.74, 6) is 0. The van der Waals surface area contributed by atoms with Crippen LogP contribution in [0.15, 0.2) is 12.1 Å². The highest BCUT2D eigenvalue weighted by Gasteiger charge is 2.18. The van der Waals surface area contributed by atoms with Crippen molar-refractivity contribution in [2.24, 2.45) is 0 Å². The number of hydrogen-bond acceptors (Lipinski definition) is 2. The third-order valence-electron chi connectivity index (χ3n) is 2.48. The van der Waals surface area contributed by atoms with Gasteiger partial charge in [0.1, 0.15) is 0 Å². The minimum atomic E-state index is 0.810. The summed E-state index contributed by atoms with van der Waals surface area (Å²) in [5, 5.41) is 3.47. The van der Waals surface area contributed by atoms with Gasteiger partial charge in [0.15, 0.2) is 0 Å². The van der Waals surface area contributed by atoms with Crippen molar-refractivity contribution < 1.29 is 0 Å². The fourth-order valence-corrected chi connectivity index (χ4v) is 2.44. The number of rotatable bonds is 4. The van der Waals surface area contributed by atoms with E-state index in [2.05, 4.69) is 37.4 Å². The van der Waals surface area contributed by atoms with Gasteiger partial charge in [0.05, 0.1) is 0 Å². The molecule has 1 saturated carbocycles. The van der Waals surface area contributed by atoms with Crippen LogP contribution in [0.2, 0.25) is 0 Å². The van der Waals surface area contributed by atoms with Crippen LogP contribution >= 0.6 is 11.3 Å². The van der Waals surface area contributed by atoms with Crippen LogP contribution in [-0.2, 0) is 0 Å². The standard InChI is InChI=1S/C12H17NS/c1-9-8-11(10(2)14-9)4-3-7-13-12-5-6-12/h3-4,8,12-13H,5-7H2,1-2H3. The number of thiophene rings is 1. The van der Waals surface area contributed by atoms with Gasteiger partial charge in [-0.05, 0) is 38.3 Å². The number of hydrogen-bond donors (Lipinski definition) is 1. The van der Waals surface area contributed by atoms with Gasteiger partial charge in [0.25, 0.3) is 0 Å². The van der Waals surface area contributed by atoms with Crippen LogP contribution < -0.4 is 5.32 Å². The fraction of sp³-hybridized carbons (Fsp3) is 0.500. The van der Waals surface area contributed by atoms with E-state index >= 15 is 0 Å². The summed E-state index contributed by atoms with van der Waals surface area (Å²) in [7, 11) is 0. The molecule has 0 aliphatic heterocycles. The smallest absolute Gasteiger partial charge is 0.0140 e. The number of aryl methyl sites for hydroxylation is 2. The van der Waals surface area contributed by atoms with E-state index in [4.69, 9.17) is 0 Å². The molecule has 0 unspecified atom stereocenters. The van der Waals surface area contributed by atoms with Crippen LogP contribution in [0.25, 0.3) is 6.08 Å². The molecule has 0 bridgehead atoms. The molecular weight excluding hydrogens is 190 g/mol. The summed E-state index contributed by atoms with van der Waals surface area (Å²) in [5.41, 5.74) is 1.38. The van der Waals surface area contributed by atoms with Gasteiger partial charge in [-0.15, -0.1) is 11.3 Å². The van der Waals surface area contributed by atoms with Gasteiger partial charge >= 0.3 is 0 Å². The second-order valence-corrected chi connectivity index (χ2v) is 5.41. The molecule has 1 fully saturated rings. The highest BCUT2D eigenvalue weighted by molar-refractivity contribution is 7.12. The lowest BCUT2D eigenvalue weighted by atomic mass is 10.2. The van der Waals surface area contributed by atoms with E-state index in [0.717, 1.165) is 12.6 Å². The van der Waals surface area contributed by atoms with Gasteiger partial charge in [-0.2, -0.15) is 0 Å². The van der Waals surface area contributed by atoms with Crippen LogP contribution in [0.4, 0.5) is 0 Å². The molecule has 14 heavy (non-hydrogen) atoms. The van der Waals surface area contributed by atoms with Gasteiger partial charge in [0.2, 0.25) is 0 Å². The molecule has 2 heteroatoms. The molecule has 0 amide bonds. The Labute approximate surface area is 89.8 Å². The molecule has 0 aromatic carbocycles. The molecular formula is C12H17NS. The lowest BCUT2D eigenvalue weighted by Gasteiger charge is -1.95. The maximum absolute atomic E-state index is 3.47. The van der Waals surface area contributed by atoms with Gasteiger partial charge in [0, 0.05) is 22.3 Å². The summed E-state index contributed by atoms with van der Waals surface area (Å²) >= 11 is 1.87. The Morgan fingerprint density at radius 1 is 1.50 bits per heavy atom. The summed E-state index contributed by atoms with van der Waals surface area (Å²) in [6.07, 6.45) is 7.19. The lowest BCUT2D eigenvalue weighted by Crippen LogP contribution is -2.15. The molecule has 0 atom stereocenters. The summed E-state index contributed by atoms with van der Waals surface area (Å²) < 4.78 is 0. The Morgan fingerprint density at radius 3 is 2.86 bits per heavy atom. The van der Waals surface area contributed by atoms with Crippen molar-refractivity contribution in [3.8, 4) is 0 Å². The molecule has 0 radical (unpaired) electrons. The van der Waals surface area contributed by atoms with E-state index in [0.29, 0.717) is 0 Å². The first-order valence-corrected chi connectivity index (χ1v) is 6.04. The molecule has 1 aliphatic carbocycles. The predicted octanol–water partition coefficient (Wildman–Crippen LogP) is 3.13. The molecule has 1 N–H and O–H groups in total. The molecule has 1 aliphatic rings. The first-order chi connectivity index (χ1) is 6.75. The Kier molecular flexibility index (Phi) is 3.04. The van der Waals surface area contributed by atoms with Gasteiger partial charge in [-0.25, -0.2) is 0 Å². The monoisotopic (exact) mass is 207 g/mol. The van der Waals surface area contributed by atoms with Crippen molar-refractivity contribution in [2.45, 2.75) is 32.7 Å². The van der Waals surface area contributed by atoms with Crippen molar-refractivity contribution in [3.05, 3.63) is 27.5 Å². The van der Waals surface area contributed by atoms with Crippen LogP contribution in [-0.4, -0.2) is 12.6 Å². The van der Waals surface area contributed by atoms with Crippen molar-refractivity contribution in [1.29, 1.82) is 0 Å². The molecule has 0 saturated heterocycles. The zero-order chi connectivity index (χ0) is 9.97. The Bertz CT molecular complexity index is 334. The SMILES string of the molecule is Cc1cc(C=CCNC2CC2)c(C)s1. The molecule has 1 aromatic heterocycles. The predicted molar refractivity (Wildman–Crippen MR) is 63.9 cm³/mol.